The predicted octanol–water partition coefficient (Wildman–Crippen LogP) is -2.24. The van der Waals surface area contributed by atoms with Gasteiger partial charge in [0.15, 0.2) is 6.54 Å². The van der Waals surface area contributed by atoms with Crippen LogP contribution in [0.15, 0.2) is 16.8 Å². The summed E-state index contributed by atoms with van der Waals surface area (Å²) in [5, 5.41) is 3.82. The van der Waals surface area contributed by atoms with Gasteiger partial charge >= 0.3 is 0 Å². The number of halogens is 1. The Morgan fingerprint density at radius 1 is 1.40 bits per heavy atom. The lowest BCUT2D eigenvalue weighted by atomic mass is 10.3. The van der Waals surface area contributed by atoms with E-state index in [-0.39, 0.29) is 18.3 Å². The highest BCUT2D eigenvalue weighted by molar-refractivity contribution is 5.81. The first-order valence-corrected chi connectivity index (χ1v) is 4.60. The SMILES string of the molecule is C/C=C(C)/C=N/NC(=O)C[N+](C)(C)C.[Cl-]. The minimum atomic E-state index is -0.0716. The third-order valence-electron chi connectivity index (χ3n) is 1.53. The summed E-state index contributed by atoms with van der Waals surface area (Å²) in [7, 11) is 5.88. The molecule has 0 aromatic rings. The van der Waals surface area contributed by atoms with Crippen LogP contribution in [0.2, 0.25) is 0 Å². The Kier molecular flexibility index (Phi) is 8.20. The first-order valence-electron chi connectivity index (χ1n) is 4.60. The number of hydrogen-bond acceptors (Lipinski definition) is 2. The van der Waals surface area contributed by atoms with Crippen LogP contribution in [0.3, 0.4) is 0 Å². The first kappa shape index (κ1) is 16.6. The second kappa shape index (κ2) is 7.43. The van der Waals surface area contributed by atoms with Gasteiger partial charge in [-0.3, -0.25) is 4.79 Å². The zero-order valence-corrected chi connectivity index (χ0v) is 10.8. The van der Waals surface area contributed by atoms with Gasteiger partial charge in [-0.25, -0.2) is 5.43 Å². The molecule has 0 unspecified atom stereocenters. The fourth-order valence-corrected chi connectivity index (χ4v) is 0.747. The summed E-state index contributed by atoms with van der Waals surface area (Å²) in [6.45, 7) is 4.27. The Labute approximate surface area is 98.0 Å². The lowest BCUT2D eigenvalue weighted by Crippen LogP contribution is -3.00. The van der Waals surface area contributed by atoms with Gasteiger partial charge in [-0.15, -0.1) is 0 Å². The van der Waals surface area contributed by atoms with Gasteiger partial charge in [-0.1, -0.05) is 6.08 Å². The number of rotatable bonds is 4. The van der Waals surface area contributed by atoms with E-state index in [1.165, 1.54) is 0 Å². The van der Waals surface area contributed by atoms with Crippen molar-refractivity contribution in [3.05, 3.63) is 11.6 Å². The van der Waals surface area contributed by atoms with Crippen molar-refractivity contribution in [2.24, 2.45) is 5.10 Å². The summed E-state index contributed by atoms with van der Waals surface area (Å²) in [5.41, 5.74) is 3.50. The molecule has 1 N–H and O–H groups in total. The number of amides is 1. The average molecular weight is 234 g/mol. The minimum Gasteiger partial charge on any atom is -1.00 e. The molecule has 0 heterocycles. The smallest absolute Gasteiger partial charge is 0.295 e. The van der Waals surface area contributed by atoms with E-state index in [2.05, 4.69) is 10.5 Å². The lowest BCUT2D eigenvalue weighted by molar-refractivity contribution is -0.862. The molecule has 0 aliphatic rings. The van der Waals surface area contributed by atoms with Gasteiger partial charge in [0.2, 0.25) is 0 Å². The summed E-state index contributed by atoms with van der Waals surface area (Å²) in [6.07, 6.45) is 3.56. The molecule has 0 aliphatic carbocycles. The monoisotopic (exact) mass is 233 g/mol. The van der Waals surface area contributed by atoms with Crippen molar-refractivity contribution in [1.82, 2.24) is 5.43 Å². The number of nitrogens with zero attached hydrogens (tertiary/aromatic N) is 2. The van der Waals surface area contributed by atoms with Gasteiger partial charge in [0.25, 0.3) is 5.91 Å². The zero-order valence-electron chi connectivity index (χ0n) is 10.0. The number of hydrogen-bond donors (Lipinski definition) is 1. The van der Waals surface area contributed by atoms with Gasteiger partial charge in [-0.2, -0.15) is 5.10 Å². The summed E-state index contributed by atoms with van der Waals surface area (Å²) in [4.78, 5) is 11.3. The van der Waals surface area contributed by atoms with Gasteiger partial charge in [0, 0.05) is 6.21 Å². The number of nitrogens with one attached hydrogen (secondary N) is 1. The molecule has 0 saturated carbocycles. The molecule has 0 bridgehead atoms. The van der Waals surface area contributed by atoms with E-state index in [0.717, 1.165) is 5.57 Å². The average Bonchev–Trinajstić information content (AvgIpc) is 2.00. The standard InChI is InChI=1S/C10H19N3O.ClH/c1-6-9(2)7-11-12-10(14)8-13(3,4)5;/h6-7H,8H2,1-5H3;1H/b9-6+,11-7+;. The van der Waals surface area contributed by atoms with Crippen LogP contribution in [0, 0.1) is 0 Å². The molecule has 0 spiro atoms. The second-order valence-electron chi connectivity index (χ2n) is 4.27. The van der Waals surface area contributed by atoms with E-state index in [1.807, 2.05) is 41.1 Å². The van der Waals surface area contributed by atoms with Crippen LogP contribution < -0.4 is 17.8 Å². The molecule has 88 valence electrons. The molecular formula is C10H20ClN3O. The van der Waals surface area contributed by atoms with E-state index < -0.39 is 0 Å². The summed E-state index contributed by atoms with van der Waals surface area (Å²) < 4.78 is 0.601. The van der Waals surface area contributed by atoms with Crippen molar-refractivity contribution < 1.29 is 21.7 Å². The minimum absolute atomic E-state index is 0. The van der Waals surface area contributed by atoms with E-state index in [1.54, 1.807) is 6.21 Å². The van der Waals surface area contributed by atoms with Crippen molar-refractivity contribution in [1.29, 1.82) is 0 Å². The predicted molar refractivity (Wildman–Crippen MR) is 59.0 cm³/mol. The van der Waals surface area contributed by atoms with Gasteiger partial charge in [0.05, 0.1) is 21.1 Å². The highest BCUT2D eigenvalue weighted by Gasteiger charge is 2.12. The maximum Gasteiger partial charge on any atom is 0.295 e. The van der Waals surface area contributed by atoms with Gasteiger partial charge in [-0.05, 0) is 19.4 Å². The molecule has 0 aromatic heterocycles. The summed E-state index contributed by atoms with van der Waals surface area (Å²) in [5.74, 6) is -0.0716. The molecule has 0 radical (unpaired) electrons. The van der Waals surface area contributed by atoms with E-state index in [9.17, 15) is 4.79 Å². The molecule has 0 saturated heterocycles. The largest absolute Gasteiger partial charge is 1.00 e. The Morgan fingerprint density at radius 2 is 1.93 bits per heavy atom. The number of likely N-dealkylation sites (N-methyl/N-ethyl adjacent to an activating group) is 1. The fraction of sp³-hybridized carbons (Fsp3) is 0.600. The van der Waals surface area contributed by atoms with Crippen molar-refractivity contribution in [3.63, 3.8) is 0 Å². The van der Waals surface area contributed by atoms with Gasteiger partial charge in [0.1, 0.15) is 0 Å². The van der Waals surface area contributed by atoms with Crippen LogP contribution in [-0.4, -0.2) is 44.3 Å². The maximum atomic E-state index is 11.3. The quantitative estimate of drug-likeness (QED) is 0.333. The van der Waals surface area contributed by atoms with Crippen LogP contribution >= 0.6 is 0 Å². The third kappa shape index (κ3) is 11.1. The molecule has 0 aliphatic heterocycles. The summed E-state index contributed by atoms with van der Waals surface area (Å²) in [6, 6.07) is 0. The first-order chi connectivity index (χ1) is 6.35. The maximum absolute atomic E-state index is 11.3. The summed E-state index contributed by atoms with van der Waals surface area (Å²) >= 11 is 0. The highest BCUT2D eigenvalue weighted by Crippen LogP contribution is 1.88. The normalized spacial score (nSPS) is 12.5. The number of hydrazone groups is 1. The fourth-order valence-electron chi connectivity index (χ4n) is 0.747. The Bertz CT molecular complexity index is 254. The van der Waals surface area contributed by atoms with E-state index in [4.69, 9.17) is 0 Å². The number of quaternary nitrogens is 1. The molecular weight excluding hydrogens is 214 g/mol. The molecule has 1 amide bonds. The molecule has 0 aromatic carbocycles. The molecule has 0 atom stereocenters. The number of carbonyl (C=O) groups excluding carboxylic acids is 1. The van der Waals surface area contributed by atoms with Crippen LogP contribution in [0.4, 0.5) is 0 Å². The second-order valence-corrected chi connectivity index (χ2v) is 4.27. The highest BCUT2D eigenvalue weighted by atomic mass is 35.5. The Hall–Kier alpha value is -0.870. The molecule has 0 rings (SSSR count). The molecule has 0 fully saturated rings. The van der Waals surface area contributed by atoms with Crippen molar-refractivity contribution >= 4 is 12.1 Å². The molecule has 15 heavy (non-hydrogen) atoms. The molecule has 5 heteroatoms. The van der Waals surface area contributed by atoms with Crippen LogP contribution in [0.25, 0.3) is 0 Å². The van der Waals surface area contributed by atoms with Crippen LogP contribution in [0.5, 0.6) is 0 Å². The van der Waals surface area contributed by atoms with Crippen LogP contribution in [-0.2, 0) is 4.79 Å². The number of carbonyl (C=O) groups is 1. The topological polar surface area (TPSA) is 41.5 Å². The van der Waals surface area contributed by atoms with Crippen molar-refractivity contribution in [2.45, 2.75) is 13.8 Å². The zero-order chi connectivity index (χ0) is 11.2. The van der Waals surface area contributed by atoms with Crippen molar-refractivity contribution in [3.8, 4) is 0 Å². The van der Waals surface area contributed by atoms with Gasteiger partial charge < -0.3 is 16.9 Å². The van der Waals surface area contributed by atoms with E-state index in [0.29, 0.717) is 11.0 Å². The van der Waals surface area contributed by atoms with E-state index >= 15 is 0 Å². The third-order valence-corrected chi connectivity index (χ3v) is 1.53. The lowest BCUT2D eigenvalue weighted by Gasteiger charge is -2.21. The van der Waals surface area contributed by atoms with Crippen molar-refractivity contribution in [2.75, 3.05) is 27.7 Å². The number of allylic oxidation sites excluding steroid dienone is 2. The van der Waals surface area contributed by atoms with Crippen LogP contribution in [0.1, 0.15) is 13.8 Å². The Balaban J connectivity index is 0. The molecule has 4 nitrogen and oxygen atoms in total. The Morgan fingerprint density at radius 3 is 2.33 bits per heavy atom.